The summed E-state index contributed by atoms with van der Waals surface area (Å²) in [4.78, 5) is 15.0. The molecule has 29 heavy (non-hydrogen) atoms. The molecule has 0 aromatic heterocycles. The van der Waals surface area contributed by atoms with Crippen LogP contribution in [0.3, 0.4) is 0 Å². The minimum absolute atomic E-state index is 0.112. The van der Waals surface area contributed by atoms with E-state index in [4.69, 9.17) is 4.74 Å². The Morgan fingerprint density at radius 3 is 2.45 bits per heavy atom. The third-order valence-electron chi connectivity index (χ3n) is 5.85. The minimum Gasteiger partial charge on any atom is -0.497 e. The van der Waals surface area contributed by atoms with E-state index in [9.17, 15) is 13.2 Å². The highest BCUT2D eigenvalue weighted by atomic mass is 32.2. The Labute approximate surface area is 172 Å². The molecule has 154 valence electrons. The summed E-state index contributed by atoms with van der Waals surface area (Å²) < 4.78 is 32.3. The lowest BCUT2D eigenvalue weighted by atomic mass is 9.98. The molecule has 1 amide bonds. The molecule has 0 radical (unpaired) electrons. The number of rotatable bonds is 5. The molecule has 0 saturated carbocycles. The van der Waals surface area contributed by atoms with Crippen molar-refractivity contribution in [1.29, 1.82) is 0 Å². The van der Waals surface area contributed by atoms with Crippen LogP contribution in [0, 0.1) is 0 Å². The third kappa shape index (κ3) is 4.02. The van der Waals surface area contributed by atoms with Crippen LogP contribution < -0.4 is 4.74 Å². The van der Waals surface area contributed by atoms with Crippen LogP contribution in [0.25, 0.3) is 0 Å². The number of ether oxygens (including phenoxy) is 1. The number of methoxy groups -OCH3 is 1. The Morgan fingerprint density at radius 1 is 1.03 bits per heavy atom. The van der Waals surface area contributed by atoms with Gasteiger partial charge in [-0.05, 0) is 55.2 Å². The largest absolute Gasteiger partial charge is 0.497 e. The third-order valence-corrected chi connectivity index (χ3v) is 7.74. The van der Waals surface area contributed by atoms with Crippen LogP contribution in [-0.2, 0) is 10.0 Å². The van der Waals surface area contributed by atoms with Crippen molar-refractivity contribution < 1.29 is 17.9 Å². The minimum atomic E-state index is -3.53. The van der Waals surface area contributed by atoms with Crippen molar-refractivity contribution in [3.05, 3.63) is 59.7 Å². The molecule has 1 atom stereocenters. The number of carbonyl (C=O) groups is 1. The summed E-state index contributed by atoms with van der Waals surface area (Å²) in [6, 6.07) is 14.4. The second-order valence-electron chi connectivity index (χ2n) is 7.65. The Kier molecular flexibility index (Phi) is 5.61. The van der Waals surface area contributed by atoms with Gasteiger partial charge in [0.2, 0.25) is 10.0 Å². The van der Waals surface area contributed by atoms with Crippen LogP contribution in [0.4, 0.5) is 0 Å². The molecule has 2 aliphatic rings. The fourth-order valence-corrected chi connectivity index (χ4v) is 5.71. The summed E-state index contributed by atoms with van der Waals surface area (Å²) in [6.45, 7) is 2.40. The van der Waals surface area contributed by atoms with Gasteiger partial charge < -0.3 is 9.64 Å². The van der Waals surface area contributed by atoms with Gasteiger partial charge in [0.1, 0.15) is 5.75 Å². The van der Waals surface area contributed by atoms with Crippen LogP contribution in [0.1, 0.15) is 41.1 Å². The lowest BCUT2D eigenvalue weighted by Gasteiger charge is -2.19. The van der Waals surface area contributed by atoms with Gasteiger partial charge in [-0.2, -0.15) is 4.31 Å². The summed E-state index contributed by atoms with van der Waals surface area (Å²) >= 11 is 0. The average molecular weight is 415 g/mol. The fourth-order valence-electron chi connectivity index (χ4n) is 4.14. The zero-order valence-electron chi connectivity index (χ0n) is 16.6. The quantitative estimate of drug-likeness (QED) is 0.754. The van der Waals surface area contributed by atoms with Gasteiger partial charge in [-0.25, -0.2) is 8.42 Å². The first-order valence-electron chi connectivity index (χ1n) is 10.0. The summed E-state index contributed by atoms with van der Waals surface area (Å²) in [6.07, 6.45) is 2.67. The zero-order valence-corrected chi connectivity index (χ0v) is 17.4. The molecule has 1 unspecified atom stereocenters. The van der Waals surface area contributed by atoms with Crippen LogP contribution in [0.2, 0.25) is 0 Å². The molecule has 0 spiro atoms. The monoisotopic (exact) mass is 414 g/mol. The molecule has 7 heteroatoms. The Bertz CT molecular complexity index is 982. The van der Waals surface area contributed by atoms with Crippen LogP contribution >= 0.6 is 0 Å². The standard InChI is InChI=1S/C22H26N2O4S/c1-28-20-9-7-17(8-10-20)19-11-14-23(16-19)22(25)18-5-4-6-21(15-18)29(26,27)24-12-2-3-13-24/h4-10,15,19H,2-3,11-14,16H2,1H3. The molecule has 0 N–H and O–H groups in total. The number of likely N-dealkylation sites (tertiary alicyclic amines) is 1. The highest BCUT2D eigenvalue weighted by molar-refractivity contribution is 7.89. The topological polar surface area (TPSA) is 66.9 Å². The second kappa shape index (κ2) is 8.16. The van der Waals surface area contributed by atoms with E-state index in [2.05, 4.69) is 0 Å². The predicted octanol–water partition coefficient (Wildman–Crippen LogP) is 3.11. The van der Waals surface area contributed by atoms with E-state index < -0.39 is 10.0 Å². The second-order valence-corrected chi connectivity index (χ2v) is 9.59. The lowest BCUT2D eigenvalue weighted by Crippen LogP contribution is -2.30. The molecule has 2 saturated heterocycles. The van der Waals surface area contributed by atoms with E-state index in [0.29, 0.717) is 31.7 Å². The van der Waals surface area contributed by atoms with Gasteiger partial charge >= 0.3 is 0 Å². The van der Waals surface area contributed by atoms with E-state index in [-0.39, 0.29) is 16.7 Å². The molecule has 2 aliphatic heterocycles. The number of amides is 1. The molecule has 6 nitrogen and oxygen atoms in total. The Balaban J connectivity index is 1.48. The number of sulfonamides is 1. The predicted molar refractivity (Wildman–Crippen MR) is 111 cm³/mol. The number of nitrogens with zero attached hydrogens (tertiary/aromatic N) is 2. The van der Waals surface area contributed by atoms with Crippen LogP contribution in [-0.4, -0.2) is 56.8 Å². The summed E-state index contributed by atoms with van der Waals surface area (Å²) in [5, 5.41) is 0. The highest BCUT2D eigenvalue weighted by Gasteiger charge is 2.30. The normalized spacial score (nSPS) is 20.2. The summed E-state index contributed by atoms with van der Waals surface area (Å²) in [5.74, 6) is 0.983. The van der Waals surface area contributed by atoms with E-state index in [1.165, 1.54) is 15.9 Å². The molecular weight excluding hydrogens is 388 g/mol. The van der Waals surface area contributed by atoms with Crippen molar-refractivity contribution in [2.75, 3.05) is 33.3 Å². The van der Waals surface area contributed by atoms with Crippen molar-refractivity contribution in [1.82, 2.24) is 9.21 Å². The maximum absolute atomic E-state index is 13.0. The zero-order chi connectivity index (χ0) is 20.4. The summed E-state index contributed by atoms with van der Waals surface area (Å²) in [7, 11) is -1.89. The first-order chi connectivity index (χ1) is 14.0. The van der Waals surface area contributed by atoms with Gasteiger partial charge in [-0.3, -0.25) is 4.79 Å². The van der Waals surface area contributed by atoms with E-state index in [1.807, 2.05) is 29.2 Å². The van der Waals surface area contributed by atoms with Crippen molar-refractivity contribution in [2.24, 2.45) is 0 Å². The first kappa shape index (κ1) is 19.9. The van der Waals surface area contributed by atoms with Gasteiger partial charge in [-0.15, -0.1) is 0 Å². The molecule has 2 aromatic carbocycles. The number of hydrogen-bond donors (Lipinski definition) is 0. The SMILES string of the molecule is COc1ccc(C2CCN(C(=O)c3cccc(S(=O)(=O)N4CCCC4)c3)C2)cc1. The first-order valence-corrected chi connectivity index (χ1v) is 11.5. The van der Waals surface area contributed by atoms with Gasteiger partial charge in [-0.1, -0.05) is 18.2 Å². The highest BCUT2D eigenvalue weighted by Crippen LogP contribution is 2.30. The fraction of sp³-hybridized carbons (Fsp3) is 0.409. The summed E-state index contributed by atoms with van der Waals surface area (Å²) in [5.41, 5.74) is 1.62. The van der Waals surface area contributed by atoms with Crippen LogP contribution in [0.15, 0.2) is 53.4 Å². The van der Waals surface area contributed by atoms with Crippen molar-refractivity contribution in [3.8, 4) is 5.75 Å². The van der Waals surface area contributed by atoms with Gasteiger partial charge in [0.15, 0.2) is 0 Å². The van der Waals surface area contributed by atoms with Gasteiger partial charge in [0.05, 0.1) is 12.0 Å². The smallest absolute Gasteiger partial charge is 0.253 e. The Hall–Kier alpha value is -2.38. The number of carbonyl (C=O) groups excluding carboxylic acids is 1. The van der Waals surface area contributed by atoms with Crippen molar-refractivity contribution in [2.45, 2.75) is 30.1 Å². The lowest BCUT2D eigenvalue weighted by molar-refractivity contribution is 0.0790. The maximum Gasteiger partial charge on any atom is 0.253 e. The van der Waals surface area contributed by atoms with Crippen molar-refractivity contribution in [3.63, 3.8) is 0 Å². The molecule has 4 rings (SSSR count). The maximum atomic E-state index is 13.0. The molecule has 2 aromatic rings. The molecule has 2 heterocycles. The number of benzene rings is 2. The van der Waals surface area contributed by atoms with Crippen molar-refractivity contribution >= 4 is 15.9 Å². The van der Waals surface area contributed by atoms with Gasteiger partial charge in [0.25, 0.3) is 5.91 Å². The number of hydrogen-bond acceptors (Lipinski definition) is 4. The van der Waals surface area contributed by atoms with E-state index in [0.717, 1.165) is 25.0 Å². The van der Waals surface area contributed by atoms with Gasteiger partial charge in [0, 0.05) is 37.7 Å². The Morgan fingerprint density at radius 2 is 1.76 bits per heavy atom. The van der Waals surface area contributed by atoms with Crippen LogP contribution in [0.5, 0.6) is 5.75 Å². The molecule has 0 aliphatic carbocycles. The average Bonchev–Trinajstić information content (AvgIpc) is 3.46. The molecular formula is C22H26N2O4S. The van der Waals surface area contributed by atoms with E-state index in [1.54, 1.807) is 25.3 Å². The molecule has 2 fully saturated rings. The molecule has 0 bridgehead atoms. The van der Waals surface area contributed by atoms with E-state index >= 15 is 0 Å².